The Morgan fingerprint density at radius 1 is 0.889 bits per heavy atom. The Morgan fingerprint density at radius 2 is 1.50 bits per heavy atom. The SMILES string of the molecule is CCC(CCCCCCCC(C)C)OCCCN. The molecule has 1 unspecified atom stereocenters. The van der Waals surface area contributed by atoms with Crippen molar-refractivity contribution < 1.29 is 4.74 Å². The summed E-state index contributed by atoms with van der Waals surface area (Å²) in [6.07, 6.45) is 12.1. The lowest BCUT2D eigenvalue weighted by Crippen LogP contribution is -2.14. The van der Waals surface area contributed by atoms with E-state index < -0.39 is 0 Å². The van der Waals surface area contributed by atoms with Crippen molar-refractivity contribution in [3.63, 3.8) is 0 Å². The van der Waals surface area contributed by atoms with Gasteiger partial charge in [0, 0.05) is 6.61 Å². The van der Waals surface area contributed by atoms with Crippen molar-refractivity contribution in [1.29, 1.82) is 0 Å². The number of unbranched alkanes of at least 4 members (excludes halogenated alkanes) is 4. The molecule has 0 aliphatic carbocycles. The third-order valence-electron chi connectivity index (χ3n) is 3.46. The van der Waals surface area contributed by atoms with Crippen LogP contribution in [-0.2, 0) is 4.74 Å². The van der Waals surface area contributed by atoms with E-state index in [2.05, 4.69) is 20.8 Å². The van der Waals surface area contributed by atoms with Crippen molar-refractivity contribution in [3.05, 3.63) is 0 Å². The lowest BCUT2D eigenvalue weighted by molar-refractivity contribution is 0.0426. The summed E-state index contributed by atoms with van der Waals surface area (Å²) in [4.78, 5) is 0. The molecular formula is C16H35NO. The van der Waals surface area contributed by atoms with Gasteiger partial charge in [-0.25, -0.2) is 0 Å². The van der Waals surface area contributed by atoms with E-state index in [0.29, 0.717) is 6.10 Å². The zero-order chi connectivity index (χ0) is 13.6. The largest absolute Gasteiger partial charge is 0.378 e. The molecule has 0 radical (unpaired) electrons. The smallest absolute Gasteiger partial charge is 0.0572 e. The number of hydrogen-bond donors (Lipinski definition) is 1. The lowest BCUT2D eigenvalue weighted by Gasteiger charge is -2.15. The van der Waals surface area contributed by atoms with Crippen molar-refractivity contribution in [2.75, 3.05) is 13.2 Å². The monoisotopic (exact) mass is 257 g/mol. The molecule has 0 saturated heterocycles. The quantitative estimate of drug-likeness (QED) is 0.492. The Kier molecular flexibility index (Phi) is 13.3. The first-order valence-electron chi connectivity index (χ1n) is 8.02. The zero-order valence-corrected chi connectivity index (χ0v) is 12.9. The van der Waals surface area contributed by atoms with Gasteiger partial charge in [-0.1, -0.05) is 59.3 Å². The summed E-state index contributed by atoms with van der Waals surface area (Å²) in [5, 5.41) is 0. The fourth-order valence-electron chi connectivity index (χ4n) is 2.19. The second-order valence-corrected chi connectivity index (χ2v) is 5.78. The normalized spacial score (nSPS) is 13.2. The van der Waals surface area contributed by atoms with E-state index in [1.54, 1.807) is 0 Å². The maximum absolute atomic E-state index is 5.81. The van der Waals surface area contributed by atoms with Crippen molar-refractivity contribution in [2.24, 2.45) is 11.7 Å². The third-order valence-corrected chi connectivity index (χ3v) is 3.46. The zero-order valence-electron chi connectivity index (χ0n) is 12.9. The van der Waals surface area contributed by atoms with Crippen molar-refractivity contribution in [3.8, 4) is 0 Å². The summed E-state index contributed by atoms with van der Waals surface area (Å²) in [6.45, 7) is 8.42. The molecule has 18 heavy (non-hydrogen) atoms. The van der Waals surface area contributed by atoms with E-state index in [1.807, 2.05) is 0 Å². The Labute approximate surface area is 115 Å². The first-order chi connectivity index (χ1) is 8.70. The molecule has 0 amide bonds. The van der Waals surface area contributed by atoms with E-state index in [4.69, 9.17) is 10.5 Å². The van der Waals surface area contributed by atoms with Gasteiger partial charge >= 0.3 is 0 Å². The highest BCUT2D eigenvalue weighted by Gasteiger charge is 2.05. The fourth-order valence-corrected chi connectivity index (χ4v) is 2.19. The molecule has 110 valence electrons. The summed E-state index contributed by atoms with van der Waals surface area (Å²) < 4.78 is 5.81. The predicted octanol–water partition coefficient (Wildman–Crippen LogP) is 4.52. The second-order valence-electron chi connectivity index (χ2n) is 5.78. The average Bonchev–Trinajstić information content (AvgIpc) is 2.35. The van der Waals surface area contributed by atoms with Gasteiger partial charge in [0.1, 0.15) is 0 Å². The highest BCUT2D eigenvalue weighted by Crippen LogP contribution is 2.14. The minimum atomic E-state index is 0.465. The summed E-state index contributed by atoms with van der Waals surface area (Å²) in [5.74, 6) is 0.866. The van der Waals surface area contributed by atoms with Crippen LogP contribution in [0.2, 0.25) is 0 Å². The van der Waals surface area contributed by atoms with Crippen molar-refractivity contribution in [2.45, 2.75) is 84.7 Å². The van der Waals surface area contributed by atoms with E-state index in [9.17, 15) is 0 Å². The molecule has 2 heteroatoms. The third kappa shape index (κ3) is 12.4. The van der Waals surface area contributed by atoms with Crippen LogP contribution in [0, 0.1) is 5.92 Å². The maximum atomic E-state index is 5.81. The number of rotatable bonds is 13. The fraction of sp³-hybridized carbons (Fsp3) is 1.00. The predicted molar refractivity (Wildman–Crippen MR) is 80.9 cm³/mol. The molecule has 0 heterocycles. The Balaban J connectivity index is 3.28. The molecule has 2 nitrogen and oxygen atoms in total. The summed E-state index contributed by atoms with van der Waals surface area (Å²) >= 11 is 0. The van der Waals surface area contributed by atoms with Crippen LogP contribution in [0.15, 0.2) is 0 Å². The molecule has 0 aromatic rings. The Morgan fingerprint density at radius 3 is 2.06 bits per heavy atom. The first-order valence-corrected chi connectivity index (χ1v) is 8.02. The van der Waals surface area contributed by atoms with E-state index in [-0.39, 0.29) is 0 Å². The average molecular weight is 257 g/mol. The Hall–Kier alpha value is -0.0800. The van der Waals surface area contributed by atoms with Gasteiger partial charge in [0.25, 0.3) is 0 Å². The van der Waals surface area contributed by atoms with E-state index >= 15 is 0 Å². The van der Waals surface area contributed by atoms with E-state index in [0.717, 1.165) is 31.9 Å². The van der Waals surface area contributed by atoms with Gasteiger partial charge in [-0.05, 0) is 31.7 Å². The van der Waals surface area contributed by atoms with Gasteiger partial charge in [0.05, 0.1) is 6.10 Å². The number of nitrogens with two attached hydrogens (primary N) is 1. The molecule has 1 atom stereocenters. The molecule has 0 spiro atoms. The molecule has 0 fully saturated rings. The van der Waals surface area contributed by atoms with Gasteiger partial charge in [-0.2, -0.15) is 0 Å². The number of hydrogen-bond acceptors (Lipinski definition) is 2. The summed E-state index contributed by atoms with van der Waals surface area (Å²) in [5.41, 5.74) is 5.47. The van der Waals surface area contributed by atoms with Gasteiger partial charge in [0.2, 0.25) is 0 Å². The molecular weight excluding hydrogens is 222 g/mol. The minimum Gasteiger partial charge on any atom is -0.378 e. The number of ether oxygens (including phenoxy) is 1. The Bertz CT molecular complexity index is 159. The molecule has 0 aliphatic heterocycles. The van der Waals surface area contributed by atoms with Crippen LogP contribution in [0.4, 0.5) is 0 Å². The summed E-state index contributed by atoms with van der Waals surface area (Å²) in [7, 11) is 0. The molecule has 2 N–H and O–H groups in total. The summed E-state index contributed by atoms with van der Waals surface area (Å²) in [6, 6.07) is 0. The second kappa shape index (κ2) is 13.4. The molecule has 0 aliphatic rings. The highest BCUT2D eigenvalue weighted by molar-refractivity contribution is 4.57. The van der Waals surface area contributed by atoms with Crippen LogP contribution in [0.3, 0.4) is 0 Å². The standard InChI is InChI=1S/C16H35NO/c1-4-16(18-14-10-13-17)12-9-7-5-6-8-11-15(2)3/h15-16H,4-14,17H2,1-3H3. The molecule has 0 rings (SSSR count). The van der Waals surface area contributed by atoms with Crippen LogP contribution in [0.25, 0.3) is 0 Å². The van der Waals surface area contributed by atoms with Crippen LogP contribution in [0.5, 0.6) is 0 Å². The van der Waals surface area contributed by atoms with E-state index in [1.165, 1.54) is 44.9 Å². The maximum Gasteiger partial charge on any atom is 0.0572 e. The van der Waals surface area contributed by atoms with Gasteiger partial charge in [0.15, 0.2) is 0 Å². The first kappa shape index (κ1) is 17.9. The van der Waals surface area contributed by atoms with Crippen LogP contribution < -0.4 is 5.73 Å². The van der Waals surface area contributed by atoms with Crippen LogP contribution in [-0.4, -0.2) is 19.3 Å². The molecule has 0 bridgehead atoms. The van der Waals surface area contributed by atoms with Crippen LogP contribution >= 0.6 is 0 Å². The highest BCUT2D eigenvalue weighted by atomic mass is 16.5. The lowest BCUT2D eigenvalue weighted by atomic mass is 10.0. The topological polar surface area (TPSA) is 35.2 Å². The van der Waals surface area contributed by atoms with Crippen LogP contribution in [0.1, 0.15) is 78.6 Å². The molecule has 0 aromatic carbocycles. The molecule has 0 aromatic heterocycles. The van der Waals surface area contributed by atoms with Gasteiger partial charge < -0.3 is 10.5 Å². The van der Waals surface area contributed by atoms with Gasteiger partial charge in [-0.3, -0.25) is 0 Å². The van der Waals surface area contributed by atoms with Gasteiger partial charge in [-0.15, -0.1) is 0 Å². The van der Waals surface area contributed by atoms with Crippen molar-refractivity contribution >= 4 is 0 Å². The van der Waals surface area contributed by atoms with Crippen molar-refractivity contribution in [1.82, 2.24) is 0 Å². The molecule has 0 saturated carbocycles. The minimum absolute atomic E-state index is 0.465.